The van der Waals surface area contributed by atoms with Crippen molar-refractivity contribution in [3.8, 4) is 0 Å². The van der Waals surface area contributed by atoms with Crippen LogP contribution in [0.15, 0.2) is 0 Å². The van der Waals surface area contributed by atoms with Crippen LogP contribution in [-0.4, -0.2) is 13.2 Å². The summed E-state index contributed by atoms with van der Waals surface area (Å²) >= 11 is 0. The number of rotatable bonds is 0. The van der Waals surface area contributed by atoms with Crippen LogP contribution in [0.2, 0.25) is 0 Å². The number of hydrogen-bond acceptors (Lipinski definition) is 2. The Bertz CT molecular complexity index is 11.7. The summed E-state index contributed by atoms with van der Waals surface area (Å²) in [6.45, 7) is 3.14. The molecule has 0 atom stereocenters. The summed E-state index contributed by atoms with van der Waals surface area (Å²) in [7, 11) is 0. The van der Waals surface area contributed by atoms with Gasteiger partial charge in [0.25, 0.3) is 0 Å². The maximum absolute atomic E-state index is 8.93. The molecule has 0 aromatic heterocycles. The van der Waals surface area contributed by atoms with E-state index in [4.69, 9.17) is 10.2 Å². The topological polar surface area (TPSA) is 46.1 Å². The Morgan fingerprint density at radius 2 is 1.00 bits per heavy atom. The van der Waals surface area contributed by atoms with Gasteiger partial charge in [0.05, 0.1) is 0 Å². The maximum Gasteiger partial charge on any atom is 2.00 e. The molecule has 0 aliphatic carbocycles. The van der Waals surface area contributed by atoms with Crippen LogP contribution in [0, 0.1) is 0 Å². The molecule has 0 aliphatic heterocycles. The molecule has 0 unspecified atom stereocenters. The summed E-state index contributed by atoms with van der Waals surface area (Å²) in [5.74, 6) is 0. The molecule has 0 amide bonds. The minimum atomic E-state index is 0. The summed E-state index contributed by atoms with van der Waals surface area (Å²) in [5, 5.41) is 17.9. The Hall–Kier alpha value is 0.790. The van der Waals surface area contributed by atoms with E-state index in [9.17, 15) is 0 Å². The molecule has 0 aromatic rings. The molecule has 7 heavy (non-hydrogen) atoms. The zero-order chi connectivity index (χ0) is 5.41. The molecule has 0 saturated heterocycles. The van der Waals surface area contributed by atoms with Crippen molar-refractivity contribution in [2.24, 2.45) is 0 Å². The molecular formula is C4H10HfO2. The summed E-state index contributed by atoms with van der Waals surface area (Å²) in [6, 6.07) is 0. The third-order valence-electron chi connectivity index (χ3n) is 0. The SMILES string of the molecule is CC[O-].CC[O-].[Hf+2]. The van der Waals surface area contributed by atoms with Gasteiger partial charge < -0.3 is 10.2 Å². The second kappa shape index (κ2) is 29.2. The first-order chi connectivity index (χ1) is 2.83. The van der Waals surface area contributed by atoms with Crippen LogP contribution in [0.4, 0.5) is 0 Å². The minimum absolute atomic E-state index is 0. The zero-order valence-electron chi connectivity index (χ0n) is 4.73. The van der Waals surface area contributed by atoms with Crippen LogP contribution in [0.5, 0.6) is 0 Å². The fourth-order valence-electron chi connectivity index (χ4n) is 0. The largest absolute Gasteiger partial charge is 2.00 e. The minimum Gasteiger partial charge on any atom is -0.855 e. The van der Waals surface area contributed by atoms with E-state index in [-0.39, 0.29) is 39.1 Å². The third-order valence-corrected chi connectivity index (χ3v) is 0. The zero-order valence-corrected chi connectivity index (χ0v) is 8.32. The van der Waals surface area contributed by atoms with Gasteiger partial charge in [-0.05, 0) is 0 Å². The summed E-state index contributed by atoms with van der Waals surface area (Å²) in [6.07, 6.45) is 0. The standard InChI is InChI=1S/2C2H5O.Hf/c2*1-2-3;/h2*2H2,1H3;/q2*-1;+2. The van der Waals surface area contributed by atoms with E-state index < -0.39 is 0 Å². The predicted molar refractivity (Wildman–Crippen MR) is 21.1 cm³/mol. The monoisotopic (exact) mass is 270 g/mol. The fraction of sp³-hybridized carbons (Fsp3) is 1.00. The van der Waals surface area contributed by atoms with Crippen LogP contribution in [0.1, 0.15) is 13.8 Å². The molecule has 0 spiro atoms. The Morgan fingerprint density at radius 3 is 1.00 bits per heavy atom. The van der Waals surface area contributed by atoms with Crippen molar-refractivity contribution < 1.29 is 36.1 Å². The Morgan fingerprint density at radius 1 is 1.00 bits per heavy atom. The molecule has 3 heteroatoms. The molecule has 0 heterocycles. The van der Waals surface area contributed by atoms with Gasteiger partial charge in [0.2, 0.25) is 0 Å². The molecule has 0 fully saturated rings. The van der Waals surface area contributed by atoms with E-state index in [0.29, 0.717) is 0 Å². The van der Waals surface area contributed by atoms with Crippen molar-refractivity contribution in [2.75, 3.05) is 13.2 Å². The average Bonchev–Trinajstić information content (AvgIpc) is 1.39. The smallest absolute Gasteiger partial charge is 0.855 e. The van der Waals surface area contributed by atoms with Gasteiger partial charge in [-0.25, -0.2) is 0 Å². The molecule has 2 nitrogen and oxygen atoms in total. The van der Waals surface area contributed by atoms with E-state index in [0.717, 1.165) is 0 Å². The molecular weight excluding hydrogens is 259 g/mol. The molecule has 0 rings (SSSR count). The van der Waals surface area contributed by atoms with Crippen molar-refractivity contribution >= 4 is 0 Å². The first-order valence-corrected chi connectivity index (χ1v) is 1.99. The van der Waals surface area contributed by atoms with Gasteiger partial charge in [-0.15, -0.1) is 13.2 Å². The molecule has 0 N–H and O–H groups in total. The maximum atomic E-state index is 8.93. The molecule has 42 valence electrons. The van der Waals surface area contributed by atoms with E-state index in [1.54, 1.807) is 13.8 Å². The van der Waals surface area contributed by atoms with E-state index >= 15 is 0 Å². The summed E-state index contributed by atoms with van der Waals surface area (Å²) < 4.78 is 0. The number of hydrogen-bond donors (Lipinski definition) is 0. The molecule has 0 aliphatic rings. The van der Waals surface area contributed by atoms with Crippen molar-refractivity contribution in [3.05, 3.63) is 0 Å². The van der Waals surface area contributed by atoms with Crippen LogP contribution in [-0.2, 0) is 25.8 Å². The van der Waals surface area contributed by atoms with E-state index in [1.165, 1.54) is 0 Å². The van der Waals surface area contributed by atoms with Gasteiger partial charge in [-0.2, -0.15) is 0 Å². The summed E-state index contributed by atoms with van der Waals surface area (Å²) in [4.78, 5) is 0. The van der Waals surface area contributed by atoms with Crippen molar-refractivity contribution in [3.63, 3.8) is 0 Å². The third kappa shape index (κ3) is 250. The quantitative estimate of drug-likeness (QED) is 0.515. The van der Waals surface area contributed by atoms with E-state index in [1.807, 2.05) is 0 Å². The average molecular weight is 269 g/mol. The van der Waals surface area contributed by atoms with Crippen LogP contribution >= 0.6 is 0 Å². The van der Waals surface area contributed by atoms with Gasteiger partial charge in [-0.1, -0.05) is 13.8 Å². The first-order valence-electron chi connectivity index (χ1n) is 1.99. The van der Waals surface area contributed by atoms with Crippen LogP contribution in [0.3, 0.4) is 0 Å². The predicted octanol–water partition coefficient (Wildman–Crippen LogP) is -1.27. The Balaban J connectivity index is -0.0000000400. The Labute approximate surface area is 63.3 Å². The van der Waals surface area contributed by atoms with Gasteiger partial charge in [0, 0.05) is 0 Å². The molecule has 0 radical (unpaired) electrons. The summed E-state index contributed by atoms with van der Waals surface area (Å²) in [5.41, 5.74) is 0. The van der Waals surface area contributed by atoms with E-state index in [2.05, 4.69) is 0 Å². The first kappa shape index (κ1) is 15.7. The van der Waals surface area contributed by atoms with Crippen molar-refractivity contribution in [1.29, 1.82) is 0 Å². The van der Waals surface area contributed by atoms with Crippen molar-refractivity contribution in [2.45, 2.75) is 13.8 Å². The van der Waals surface area contributed by atoms with Gasteiger partial charge in [-0.3, -0.25) is 0 Å². The molecule has 0 aromatic carbocycles. The van der Waals surface area contributed by atoms with Gasteiger partial charge >= 0.3 is 25.8 Å². The van der Waals surface area contributed by atoms with Gasteiger partial charge in [0.1, 0.15) is 0 Å². The molecule has 0 bridgehead atoms. The molecule has 0 saturated carbocycles. The fourth-order valence-corrected chi connectivity index (χ4v) is 0. The Kier molecular flexibility index (Phi) is 65.4. The second-order valence-corrected chi connectivity index (χ2v) is 0.577. The van der Waals surface area contributed by atoms with Crippen LogP contribution in [0.25, 0.3) is 0 Å². The normalized spacial score (nSPS) is 5.14. The van der Waals surface area contributed by atoms with Crippen molar-refractivity contribution in [1.82, 2.24) is 0 Å². The second-order valence-electron chi connectivity index (χ2n) is 0.577. The van der Waals surface area contributed by atoms with Crippen LogP contribution < -0.4 is 10.2 Å². The van der Waals surface area contributed by atoms with Gasteiger partial charge in [0.15, 0.2) is 0 Å².